The molecule has 0 radical (unpaired) electrons. The molecule has 2 rings (SSSR count). The molecule has 0 amide bonds. The average molecular weight is 366 g/mol. The standard InChI is InChI=1S/C18H21F3N4O/c1-2-22-17(25-12-15-7-3-4-9-23-15)24-11-14-6-5-8-16(10-14)26-13-18(19,20)21/h3-10H,2,11-13H2,1H3,(H2,22,24,25). The van der Waals surface area contributed by atoms with E-state index >= 15 is 0 Å². The lowest BCUT2D eigenvalue weighted by atomic mass is 10.2. The summed E-state index contributed by atoms with van der Waals surface area (Å²) < 4.78 is 41.5. The predicted octanol–water partition coefficient (Wildman–Crippen LogP) is 3.28. The second kappa shape index (κ2) is 9.65. The number of ether oxygens (including phenoxy) is 1. The van der Waals surface area contributed by atoms with Gasteiger partial charge in [-0.05, 0) is 36.8 Å². The number of rotatable bonds is 7. The van der Waals surface area contributed by atoms with E-state index in [1.54, 1.807) is 24.4 Å². The topological polar surface area (TPSA) is 58.5 Å². The van der Waals surface area contributed by atoms with Crippen LogP contribution in [0.4, 0.5) is 13.2 Å². The molecule has 0 saturated carbocycles. The molecule has 0 aliphatic heterocycles. The molecular formula is C18H21F3N4O. The van der Waals surface area contributed by atoms with Crippen molar-refractivity contribution in [3.05, 3.63) is 59.9 Å². The monoisotopic (exact) mass is 366 g/mol. The van der Waals surface area contributed by atoms with E-state index in [1.807, 2.05) is 25.1 Å². The van der Waals surface area contributed by atoms with Gasteiger partial charge in [-0.25, -0.2) is 4.99 Å². The Morgan fingerprint density at radius 2 is 2.00 bits per heavy atom. The zero-order valence-corrected chi connectivity index (χ0v) is 14.4. The van der Waals surface area contributed by atoms with Crippen LogP contribution in [-0.4, -0.2) is 30.3 Å². The number of hydrogen-bond donors (Lipinski definition) is 2. The Morgan fingerprint density at radius 3 is 2.69 bits per heavy atom. The van der Waals surface area contributed by atoms with Crippen LogP contribution in [0.25, 0.3) is 0 Å². The minimum atomic E-state index is -4.36. The third kappa shape index (κ3) is 7.42. The lowest BCUT2D eigenvalue weighted by Gasteiger charge is -2.12. The Kier molecular flexibility index (Phi) is 7.25. The first-order chi connectivity index (χ1) is 12.5. The van der Waals surface area contributed by atoms with Crippen LogP contribution in [0.5, 0.6) is 5.75 Å². The third-order valence-electron chi connectivity index (χ3n) is 3.23. The number of aromatic nitrogens is 1. The molecule has 26 heavy (non-hydrogen) atoms. The quantitative estimate of drug-likeness (QED) is 0.583. The first kappa shape index (κ1) is 19.6. The van der Waals surface area contributed by atoms with E-state index in [-0.39, 0.29) is 5.75 Å². The first-order valence-corrected chi connectivity index (χ1v) is 8.17. The molecule has 5 nitrogen and oxygen atoms in total. The van der Waals surface area contributed by atoms with Crippen LogP contribution in [-0.2, 0) is 13.1 Å². The van der Waals surface area contributed by atoms with Gasteiger partial charge in [0.1, 0.15) is 5.75 Å². The van der Waals surface area contributed by atoms with E-state index < -0.39 is 12.8 Å². The van der Waals surface area contributed by atoms with Crippen molar-refractivity contribution in [2.45, 2.75) is 26.2 Å². The molecule has 0 spiro atoms. The van der Waals surface area contributed by atoms with Gasteiger partial charge in [0, 0.05) is 12.7 Å². The van der Waals surface area contributed by atoms with Gasteiger partial charge in [0.15, 0.2) is 12.6 Å². The Balaban J connectivity index is 1.95. The summed E-state index contributed by atoms with van der Waals surface area (Å²) in [5, 5.41) is 6.28. The van der Waals surface area contributed by atoms with Crippen LogP contribution < -0.4 is 15.4 Å². The average Bonchev–Trinajstić information content (AvgIpc) is 2.63. The number of hydrogen-bond acceptors (Lipinski definition) is 3. The van der Waals surface area contributed by atoms with Gasteiger partial charge in [0.25, 0.3) is 0 Å². The number of guanidine groups is 1. The highest BCUT2D eigenvalue weighted by Gasteiger charge is 2.28. The van der Waals surface area contributed by atoms with Crippen molar-refractivity contribution in [2.24, 2.45) is 4.99 Å². The zero-order chi connectivity index (χ0) is 18.8. The highest BCUT2D eigenvalue weighted by Crippen LogP contribution is 2.19. The highest BCUT2D eigenvalue weighted by molar-refractivity contribution is 5.79. The summed E-state index contributed by atoms with van der Waals surface area (Å²) in [6, 6.07) is 12.1. The van der Waals surface area contributed by atoms with Crippen LogP contribution in [0.3, 0.4) is 0 Å². The SMILES string of the molecule is CCNC(=NCc1cccc(OCC(F)(F)F)c1)NCc1ccccn1. The molecule has 1 aromatic carbocycles. The molecule has 0 saturated heterocycles. The Morgan fingerprint density at radius 1 is 1.15 bits per heavy atom. The summed E-state index contributed by atoms with van der Waals surface area (Å²) in [5.41, 5.74) is 1.63. The minimum Gasteiger partial charge on any atom is -0.484 e. The van der Waals surface area contributed by atoms with Crippen molar-refractivity contribution in [3.8, 4) is 5.75 Å². The van der Waals surface area contributed by atoms with E-state index in [0.717, 1.165) is 11.3 Å². The van der Waals surface area contributed by atoms with Crippen LogP contribution in [0.2, 0.25) is 0 Å². The number of benzene rings is 1. The number of nitrogens with zero attached hydrogens (tertiary/aromatic N) is 2. The molecule has 0 aliphatic carbocycles. The van der Waals surface area contributed by atoms with Gasteiger partial charge < -0.3 is 15.4 Å². The molecule has 0 bridgehead atoms. The van der Waals surface area contributed by atoms with E-state index in [1.165, 1.54) is 6.07 Å². The Hall–Kier alpha value is -2.77. The molecule has 8 heteroatoms. The van der Waals surface area contributed by atoms with Crippen molar-refractivity contribution >= 4 is 5.96 Å². The molecule has 0 fully saturated rings. The molecule has 0 unspecified atom stereocenters. The third-order valence-corrected chi connectivity index (χ3v) is 3.23. The number of nitrogens with one attached hydrogen (secondary N) is 2. The Bertz CT molecular complexity index is 705. The summed E-state index contributed by atoms with van der Waals surface area (Å²) in [4.78, 5) is 8.66. The van der Waals surface area contributed by atoms with Crippen molar-refractivity contribution in [1.82, 2.24) is 15.6 Å². The smallest absolute Gasteiger partial charge is 0.422 e. The van der Waals surface area contributed by atoms with Gasteiger partial charge in [-0.3, -0.25) is 4.98 Å². The molecule has 2 N–H and O–H groups in total. The second-order valence-corrected chi connectivity index (χ2v) is 5.42. The number of alkyl halides is 3. The van der Waals surface area contributed by atoms with Gasteiger partial charge in [0.2, 0.25) is 0 Å². The second-order valence-electron chi connectivity index (χ2n) is 5.42. The maximum Gasteiger partial charge on any atom is 0.422 e. The van der Waals surface area contributed by atoms with Gasteiger partial charge >= 0.3 is 6.18 Å². The Labute approximate surface area is 150 Å². The number of halogens is 3. The van der Waals surface area contributed by atoms with Crippen molar-refractivity contribution in [1.29, 1.82) is 0 Å². The summed E-state index contributed by atoms with van der Waals surface area (Å²) in [5.74, 6) is 0.765. The molecule has 140 valence electrons. The largest absolute Gasteiger partial charge is 0.484 e. The van der Waals surface area contributed by atoms with Crippen LogP contribution in [0.15, 0.2) is 53.7 Å². The van der Waals surface area contributed by atoms with Gasteiger partial charge in [-0.15, -0.1) is 0 Å². The maximum atomic E-state index is 12.2. The lowest BCUT2D eigenvalue weighted by molar-refractivity contribution is -0.153. The number of aliphatic imine (C=N–C) groups is 1. The van der Waals surface area contributed by atoms with Crippen molar-refractivity contribution in [3.63, 3.8) is 0 Å². The molecule has 0 aliphatic rings. The lowest BCUT2D eigenvalue weighted by Crippen LogP contribution is -2.37. The highest BCUT2D eigenvalue weighted by atomic mass is 19.4. The molecule has 1 aromatic heterocycles. The van der Waals surface area contributed by atoms with E-state index in [4.69, 9.17) is 4.74 Å². The van der Waals surface area contributed by atoms with Crippen LogP contribution in [0, 0.1) is 0 Å². The summed E-state index contributed by atoms with van der Waals surface area (Å²) in [7, 11) is 0. The van der Waals surface area contributed by atoms with Gasteiger partial charge in [0.05, 0.1) is 18.8 Å². The molecule has 1 heterocycles. The van der Waals surface area contributed by atoms with Crippen molar-refractivity contribution < 1.29 is 17.9 Å². The molecule has 2 aromatic rings. The fourth-order valence-corrected chi connectivity index (χ4v) is 2.09. The molecule has 0 atom stereocenters. The van der Waals surface area contributed by atoms with E-state index in [9.17, 15) is 13.2 Å². The van der Waals surface area contributed by atoms with Gasteiger partial charge in [-0.1, -0.05) is 18.2 Å². The predicted molar refractivity (Wildman–Crippen MR) is 93.9 cm³/mol. The molecular weight excluding hydrogens is 345 g/mol. The van der Waals surface area contributed by atoms with E-state index in [2.05, 4.69) is 20.6 Å². The summed E-state index contributed by atoms with van der Waals surface area (Å²) in [6.45, 7) is 2.14. The van der Waals surface area contributed by atoms with E-state index in [0.29, 0.717) is 25.6 Å². The first-order valence-electron chi connectivity index (χ1n) is 8.17. The zero-order valence-electron chi connectivity index (χ0n) is 14.4. The van der Waals surface area contributed by atoms with Gasteiger partial charge in [-0.2, -0.15) is 13.2 Å². The van der Waals surface area contributed by atoms with Crippen LogP contribution >= 0.6 is 0 Å². The number of pyridine rings is 1. The van der Waals surface area contributed by atoms with Crippen molar-refractivity contribution in [2.75, 3.05) is 13.2 Å². The fraction of sp³-hybridized carbons (Fsp3) is 0.333. The fourth-order valence-electron chi connectivity index (χ4n) is 2.09. The summed E-state index contributed by atoms with van der Waals surface area (Å²) >= 11 is 0. The van der Waals surface area contributed by atoms with Crippen LogP contribution in [0.1, 0.15) is 18.2 Å². The minimum absolute atomic E-state index is 0.168. The maximum absolute atomic E-state index is 12.2. The summed E-state index contributed by atoms with van der Waals surface area (Å²) in [6.07, 6.45) is -2.64. The normalized spacial score (nSPS) is 11.9.